The van der Waals surface area contributed by atoms with Crippen LogP contribution in [-0.4, -0.2) is 11.9 Å². The second-order valence-electron chi connectivity index (χ2n) is 4.65. The third-order valence-corrected chi connectivity index (χ3v) is 2.95. The quantitative estimate of drug-likeness (QED) is 0.402. The zero-order valence-corrected chi connectivity index (χ0v) is 11.6. The predicted octanol–water partition coefficient (Wildman–Crippen LogP) is 4.12. The number of unbranched alkanes of at least 4 members (excludes halogenated alkanes) is 5. The molecule has 3 nitrogen and oxygen atoms in total. The zero-order chi connectivity index (χ0) is 13.9. The molecule has 0 saturated heterocycles. The second-order valence-corrected chi connectivity index (χ2v) is 4.65. The van der Waals surface area contributed by atoms with Crippen LogP contribution in [0.1, 0.15) is 62.2 Å². The molecule has 0 bridgehead atoms. The van der Waals surface area contributed by atoms with Crippen molar-refractivity contribution in [3.05, 3.63) is 35.9 Å². The van der Waals surface area contributed by atoms with Crippen molar-refractivity contribution in [2.24, 2.45) is 0 Å². The molecule has 0 unspecified atom stereocenters. The van der Waals surface area contributed by atoms with E-state index in [0.29, 0.717) is 12.0 Å². The van der Waals surface area contributed by atoms with Crippen molar-refractivity contribution in [2.45, 2.75) is 51.9 Å². The molecule has 0 fully saturated rings. The number of hydrogen-bond acceptors (Lipinski definition) is 3. The molecule has 19 heavy (non-hydrogen) atoms. The van der Waals surface area contributed by atoms with Gasteiger partial charge in [-0.15, -0.1) is 0 Å². The number of ether oxygens (including phenoxy) is 1. The smallest absolute Gasteiger partial charge is 0.345 e. The monoisotopic (exact) mass is 262 g/mol. The van der Waals surface area contributed by atoms with Gasteiger partial charge in [0, 0.05) is 6.42 Å². The van der Waals surface area contributed by atoms with E-state index in [1.54, 1.807) is 24.3 Å². The third kappa shape index (κ3) is 6.75. The van der Waals surface area contributed by atoms with Gasteiger partial charge in [-0.25, -0.2) is 4.79 Å². The lowest BCUT2D eigenvalue weighted by Gasteiger charge is -2.03. The van der Waals surface area contributed by atoms with Crippen molar-refractivity contribution in [1.82, 2.24) is 0 Å². The Morgan fingerprint density at radius 3 is 2.26 bits per heavy atom. The van der Waals surface area contributed by atoms with Gasteiger partial charge >= 0.3 is 11.9 Å². The third-order valence-electron chi connectivity index (χ3n) is 2.95. The molecular weight excluding hydrogens is 240 g/mol. The molecule has 0 aliphatic rings. The number of carbonyl (C=O) groups is 2. The summed E-state index contributed by atoms with van der Waals surface area (Å²) in [5, 5.41) is 0. The van der Waals surface area contributed by atoms with Crippen LogP contribution < -0.4 is 0 Å². The molecule has 104 valence electrons. The maximum Gasteiger partial charge on any atom is 0.345 e. The van der Waals surface area contributed by atoms with Gasteiger partial charge < -0.3 is 4.74 Å². The standard InChI is InChI=1S/C16H22O3/c1-2-3-4-5-6-10-13-15(17)19-16(18)14-11-8-7-9-12-14/h7-9,11-12H,2-6,10,13H2,1H3. The molecule has 0 amide bonds. The summed E-state index contributed by atoms with van der Waals surface area (Å²) in [5.41, 5.74) is 0.416. The van der Waals surface area contributed by atoms with Gasteiger partial charge in [-0.1, -0.05) is 57.2 Å². The van der Waals surface area contributed by atoms with Crippen molar-refractivity contribution >= 4 is 11.9 Å². The van der Waals surface area contributed by atoms with Crippen LogP contribution in [0.25, 0.3) is 0 Å². The Bertz CT molecular complexity index is 384. The molecule has 1 aromatic carbocycles. The van der Waals surface area contributed by atoms with Crippen LogP contribution in [0.15, 0.2) is 30.3 Å². The first-order chi connectivity index (χ1) is 9.24. The molecule has 0 spiro atoms. The van der Waals surface area contributed by atoms with E-state index >= 15 is 0 Å². The lowest BCUT2D eigenvalue weighted by molar-refractivity contribution is -0.138. The van der Waals surface area contributed by atoms with Crippen molar-refractivity contribution < 1.29 is 14.3 Å². The van der Waals surface area contributed by atoms with Crippen molar-refractivity contribution in [2.75, 3.05) is 0 Å². The molecule has 0 radical (unpaired) electrons. The minimum Gasteiger partial charge on any atom is -0.389 e. The highest BCUT2D eigenvalue weighted by atomic mass is 16.6. The van der Waals surface area contributed by atoms with E-state index in [1.807, 2.05) is 6.07 Å². The molecule has 0 aromatic heterocycles. The van der Waals surface area contributed by atoms with Gasteiger partial charge in [-0.3, -0.25) is 4.79 Å². The first-order valence-electron chi connectivity index (χ1n) is 7.04. The fraction of sp³-hybridized carbons (Fsp3) is 0.500. The molecule has 0 atom stereocenters. The normalized spacial score (nSPS) is 10.2. The number of carbonyl (C=O) groups excluding carboxylic acids is 2. The Kier molecular flexibility index (Phi) is 7.56. The van der Waals surface area contributed by atoms with Gasteiger partial charge in [0.2, 0.25) is 0 Å². The Morgan fingerprint density at radius 1 is 0.947 bits per heavy atom. The van der Waals surface area contributed by atoms with Crippen molar-refractivity contribution in [1.29, 1.82) is 0 Å². The fourth-order valence-electron chi connectivity index (χ4n) is 1.84. The van der Waals surface area contributed by atoms with E-state index < -0.39 is 11.9 Å². The molecule has 1 aromatic rings. The van der Waals surface area contributed by atoms with E-state index in [9.17, 15) is 9.59 Å². The summed E-state index contributed by atoms with van der Waals surface area (Å²) in [6.45, 7) is 2.17. The van der Waals surface area contributed by atoms with Gasteiger partial charge in [0.25, 0.3) is 0 Å². The summed E-state index contributed by atoms with van der Waals surface area (Å²) in [5.74, 6) is -0.985. The molecule has 0 aliphatic heterocycles. The molecule has 0 N–H and O–H groups in total. The van der Waals surface area contributed by atoms with E-state index in [1.165, 1.54) is 19.3 Å². The minimum absolute atomic E-state index is 0.324. The van der Waals surface area contributed by atoms with Gasteiger partial charge in [0.15, 0.2) is 0 Å². The van der Waals surface area contributed by atoms with Gasteiger partial charge in [0.05, 0.1) is 5.56 Å². The van der Waals surface area contributed by atoms with E-state index in [-0.39, 0.29) is 0 Å². The maximum absolute atomic E-state index is 11.6. The van der Waals surface area contributed by atoms with E-state index in [0.717, 1.165) is 19.3 Å². The summed E-state index contributed by atoms with van der Waals surface area (Å²) in [6.07, 6.45) is 6.97. The molecule has 1 rings (SSSR count). The van der Waals surface area contributed by atoms with Crippen LogP contribution in [-0.2, 0) is 9.53 Å². The van der Waals surface area contributed by atoms with Gasteiger partial charge in [-0.05, 0) is 18.6 Å². The highest BCUT2D eigenvalue weighted by Crippen LogP contribution is 2.08. The number of hydrogen-bond donors (Lipinski definition) is 0. The lowest BCUT2D eigenvalue weighted by Crippen LogP contribution is -2.12. The summed E-state index contributed by atoms with van der Waals surface area (Å²) in [7, 11) is 0. The average Bonchev–Trinajstić information content (AvgIpc) is 2.43. The highest BCUT2D eigenvalue weighted by molar-refractivity contribution is 5.96. The fourth-order valence-corrected chi connectivity index (χ4v) is 1.84. The Morgan fingerprint density at radius 2 is 1.58 bits per heavy atom. The van der Waals surface area contributed by atoms with Crippen molar-refractivity contribution in [3.8, 4) is 0 Å². The Balaban J connectivity index is 2.16. The average molecular weight is 262 g/mol. The zero-order valence-electron chi connectivity index (χ0n) is 11.6. The summed E-state index contributed by atoms with van der Waals surface area (Å²) < 4.78 is 4.79. The molecular formula is C16H22O3. The Hall–Kier alpha value is -1.64. The van der Waals surface area contributed by atoms with E-state index in [2.05, 4.69) is 6.92 Å². The van der Waals surface area contributed by atoms with Crippen molar-refractivity contribution in [3.63, 3.8) is 0 Å². The largest absolute Gasteiger partial charge is 0.389 e. The summed E-state index contributed by atoms with van der Waals surface area (Å²) in [4.78, 5) is 23.1. The van der Waals surface area contributed by atoms with E-state index in [4.69, 9.17) is 4.74 Å². The number of rotatable bonds is 8. The van der Waals surface area contributed by atoms with Crippen LogP contribution in [0.3, 0.4) is 0 Å². The summed E-state index contributed by atoms with van der Waals surface area (Å²) >= 11 is 0. The predicted molar refractivity (Wildman–Crippen MR) is 74.9 cm³/mol. The molecule has 0 saturated carbocycles. The first-order valence-corrected chi connectivity index (χ1v) is 7.04. The minimum atomic E-state index is -0.559. The van der Waals surface area contributed by atoms with Crippen LogP contribution in [0.2, 0.25) is 0 Å². The van der Waals surface area contributed by atoms with Gasteiger partial charge in [-0.2, -0.15) is 0 Å². The maximum atomic E-state index is 11.6. The molecule has 3 heteroatoms. The highest BCUT2D eigenvalue weighted by Gasteiger charge is 2.11. The second kappa shape index (κ2) is 9.31. The van der Waals surface area contributed by atoms with Crippen LogP contribution in [0.5, 0.6) is 0 Å². The van der Waals surface area contributed by atoms with Gasteiger partial charge in [0.1, 0.15) is 0 Å². The van der Waals surface area contributed by atoms with Crippen LogP contribution >= 0.6 is 0 Å². The molecule has 0 aliphatic carbocycles. The number of esters is 2. The topological polar surface area (TPSA) is 43.4 Å². The lowest BCUT2D eigenvalue weighted by atomic mass is 10.1. The molecule has 0 heterocycles. The van der Waals surface area contributed by atoms with Crippen LogP contribution in [0.4, 0.5) is 0 Å². The SMILES string of the molecule is CCCCCCCCC(=O)OC(=O)c1ccccc1. The Labute approximate surface area is 115 Å². The summed E-state index contributed by atoms with van der Waals surface area (Å²) in [6, 6.07) is 8.58. The first kappa shape index (κ1) is 15.4. The number of benzene rings is 1. The van der Waals surface area contributed by atoms with Crippen LogP contribution in [0, 0.1) is 0 Å².